The Kier molecular flexibility index (Phi) is 11.1. The fraction of sp³-hybridized carbons (Fsp3) is 0. The number of hydrogen-bond donors (Lipinski definition) is 0. The van der Waals surface area contributed by atoms with Crippen LogP contribution in [0.1, 0.15) is 0 Å². The van der Waals surface area contributed by atoms with Gasteiger partial charge in [0.05, 0.1) is 33.5 Å². The number of hydrogen-bond acceptors (Lipinski definition) is 4. The van der Waals surface area contributed by atoms with Gasteiger partial charge in [-0.3, -0.25) is 9.13 Å². The molecule has 11 aromatic carbocycles. The summed E-state index contributed by atoms with van der Waals surface area (Å²) < 4.78 is 4.49. The topological polar surface area (TPSA) is 61.4 Å². The molecule has 0 fully saturated rings. The summed E-state index contributed by atoms with van der Waals surface area (Å²) >= 11 is 0. The molecule has 0 saturated heterocycles. The lowest BCUT2D eigenvalue weighted by Gasteiger charge is -2.15. The summed E-state index contributed by atoms with van der Waals surface area (Å²) in [7, 11) is 0. The molecule has 0 unspecified atom stereocenters. The fourth-order valence-corrected chi connectivity index (χ4v) is 10.5. The molecule has 0 N–H and O–H groups in total. The van der Waals surface area contributed by atoms with Gasteiger partial charge < -0.3 is 0 Å². The summed E-state index contributed by atoms with van der Waals surface area (Å²) in [5, 5.41) is 2.31. The lowest BCUT2D eigenvalue weighted by atomic mass is 9.93. The van der Waals surface area contributed by atoms with E-state index in [2.05, 4.69) is 258 Å². The molecular formula is C70H46N6. The molecule has 6 nitrogen and oxygen atoms in total. The van der Waals surface area contributed by atoms with E-state index in [4.69, 9.17) is 19.9 Å². The first-order valence-corrected chi connectivity index (χ1v) is 25.6. The zero-order chi connectivity index (χ0) is 50.4. The van der Waals surface area contributed by atoms with E-state index in [0.29, 0.717) is 5.82 Å². The second-order valence-electron chi connectivity index (χ2n) is 19.1. The summed E-state index contributed by atoms with van der Waals surface area (Å²) in [5.41, 5.74) is 19.4. The number of aromatic nitrogens is 6. The molecule has 76 heavy (non-hydrogen) atoms. The third-order valence-corrected chi connectivity index (χ3v) is 14.4. The molecule has 356 valence electrons. The Morgan fingerprint density at radius 1 is 0.224 bits per heavy atom. The van der Waals surface area contributed by atoms with Crippen molar-refractivity contribution in [2.75, 3.05) is 0 Å². The van der Waals surface area contributed by atoms with Gasteiger partial charge in [-0.05, 0) is 123 Å². The minimum atomic E-state index is 0.661. The normalized spacial score (nSPS) is 11.4. The van der Waals surface area contributed by atoms with Gasteiger partial charge >= 0.3 is 0 Å². The fourth-order valence-electron chi connectivity index (χ4n) is 10.5. The molecule has 6 heteroatoms. The van der Waals surface area contributed by atoms with Gasteiger partial charge in [-0.25, -0.2) is 19.9 Å². The average Bonchev–Trinajstić information content (AvgIpc) is 4.13. The van der Waals surface area contributed by atoms with Crippen LogP contribution in [0.4, 0.5) is 0 Å². The molecule has 3 heterocycles. The number of rotatable bonds is 10. The Morgan fingerprint density at radius 2 is 0.605 bits per heavy atom. The number of nitrogens with zero attached hydrogens (tertiary/aromatic N) is 6. The first kappa shape index (κ1) is 44.4. The lowest BCUT2D eigenvalue weighted by molar-refractivity contribution is 1.10. The molecule has 0 atom stereocenters. The average molecular weight is 971 g/mol. The van der Waals surface area contributed by atoms with Crippen molar-refractivity contribution < 1.29 is 0 Å². The Morgan fingerprint density at radius 3 is 1.14 bits per heavy atom. The third kappa shape index (κ3) is 8.30. The number of fused-ring (bicyclic) bond motifs is 3. The van der Waals surface area contributed by atoms with Gasteiger partial charge in [0.1, 0.15) is 11.6 Å². The minimum Gasteiger partial charge on any atom is -0.292 e. The minimum absolute atomic E-state index is 0.661. The van der Waals surface area contributed by atoms with Gasteiger partial charge in [0.15, 0.2) is 5.82 Å². The van der Waals surface area contributed by atoms with Crippen LogP contribution in [0.25, 0.3) is 134 Å². The highest BCUT2D eigenvalue weighted by Crippen LogP contribution is 2.38. The monoisotopic (exact) mass is 970 g/mol. The highest BCUT2D eigenvalue weighted by Gasteiger charge is 2.19. The molecule has 14 rings (SSSR count). The van der Waals surface area contributed by atoms with E-state index < -0.39 is 0 Å². The molecular weight excluding hydrogens is 925 g/mol. The highest BCUT2D eigenvalue weighted by atomic mass is 15.1. The van der Waals surface area contributed by atoms with E-state index in [1.165, 1.54) is 10.9 Å². The highest BCUT2D eigenvalue weighted by molar-refractivity contribution is 5.89. The van der Waals surface area contributed by atoms with E-state index >= 15 is 0 Å². The molecule has 0 bridgehead atoms. The molecule has 0 amide bonds. The molecule has 0 aliphatic carbocycles. The van der Waals surface area contributed by atoms with E-state index in [-0.39, 0.29) is 0 Å². The standard InChI is InChI=1S/C70H46N6/c1-4-16-47(17-5-1)49-28-35-52(36-29-49)64-46-65(72-68(71-64)56-41-34-48-18-10-11-19-55(48)42-56)59-44-57(50-30-37-53(38-31-50)69-73-62-24-12-14-26-66(62)75(69)60-20-6-2-7-21-60)43-58(45-59)51-32-39-54(40-33-51)70-74-63-25-13-15-27-67(63)76(70)61-22-8-3-9-23-61/h1-46H. The first-order valence-electron chi connectivity index (χ1n) is 25.6. The Balaban J connectivity index is 0.922. The van der Waals surface area contributed by atoms with Crippen LogP contribution in [0.5, 0.6) is 0 Å². The van der Waals surface area contributed by atoms with Crippen LogP contribution in [0.2, 0.25) is 0 Å². The summed E-state index contributed by atoms with van der Waals surface area (Å²) in [6, 6.07) is 98.3. The molecule has 0 aliphatic rings. The van der Waals surface area contributed by atoms with E-state index in [0.717, 1.165) is 117 Å². The summed E-state index contributed by atoms with van der Waals surface area (Å²) in [6.45, 7) is 0. The van der Waals surface area contributed by atoms with E-state index in [1.807, 2.05) is 30.3 Å². The van der Waals surface area contributed by atoms with Crippen LogP contribution in [0, 0.1) is 0 Å². The SMILES string of the molecule is c1ccc(-c2ccc(-c3cc(-c4cc(-c5ccc(-c6nc7ccccc7n6-c6ccccc6)cc5)cc(-c5ccc(-c6nc7ccccc7n6-c6ccccc6)cc5)c4)nc(-c4ccc5ccccc5c4)n3)cc2)cc1. The molecule has 14 aromatic rings. The Hall–Kier alpha value is -10.3. The predicted molar refractivity (Wildman–Crippen MR) is 312 cm³/mol. The van der Waals surface area contributed by atoms with Crippen LogP contribution in [0.3, 0.4) is 0 Å². The molecule has 3 aromatic heterocycles. The zero-order valence-electron chi connectivity index (χ0n) is 41.2. The van der Waals surface area contributed by atoms with Crippen molar-refractivity contribution in [1.82, 2.24) is 29.1 Å². The van der Waals surface area contributed by atoms with Gasteiger partial charge in [0.25, 0.3) is 0 Å². The molecule has 0 aliphatic heterocycles. The van der Waals surface area contributed by atoms with E-state index in [1.54, 1.807) is 0 Å². The quantitative estimate of drug-likeness (QED) is 0.137. The number of para-hydroxylation sites is 6. The van der Waals surface area contributed by atoms with Gasteiger partial charge in [-0.1, -0.05) is 200 Å². The van der Waals surface area contributed by atoms with Gasteiger partial charge in [-0.2, -0.15) is 0 Å². The smallest absolute Gasteiger partial charge is 0.160 e. The largest absolute Gasteiger partial charge is 0.292 e. The summed E-state index contributed by atoms with van der Waals surface area (Å²) in [5.74, 6) is 2.44. The second-order valence-corrected chi connectivity index (χ2v) is 19.1. The van der Waals surface area contributed by atoms with Crippen molar-refractivity contribution in [2.45, 2.75) is 0 Å². The van der Waals surface area contributed by atoms with Crippen LogP contribution in [-0.4, -0.2) is 29.1 Å². The zero-order valence-corrected chi connectivity index (χ0v) is 41.2. The van der Waals surface area contributed by atoms with Crippen molar-refractivity contribution in [1.29, 1.82) is 0 Å². The summed E-state index contributed by atoms with van der Waals surface area (Å²) in [6.07, 6.45) is 0. The number of imidazole rings is 2. The van der Waals surface area contributed by atoms with Crippen molar-refractivity contribution in [3.8, 4) is 101 Å². The van der Waals surface area contributed by atoms with Gasteiger partial charge in [0.2, 0.25) is 0 Å². The van der Waals surface area contributed by atoms with Crippen molar-refractivity contribution >= 4 is 32.8 Å². The second kappa shape index (κ2) is 19.0. The maximum Gasteiger partial charge on any atom is 0.160 e. The van der Waals surface area contributed by atoms with Crippen LogP contribution in [0.15, 0.2) is 279 Å². The van der Waals surface area contributed by atoms with Crippen LogP contribution >= 0.6 is 0 Å². The van der Waals surface area contributed by atoms with Gasteiger partial charge in [0, 0.05) is 39.2 Å². The molecule has 0 saturated carbocycles. The molecule has 0 radical (unpaired) electrons. The Bertz CT molecular complexity index is 4230. The molecule has 0 spiro atoms. The maximum absolute atomic E-state index is 5.43. The maximum atomic E-state index is 5.43. The van der Waals surface area contributed by atoms with Crippen molar-refractivity contribution in [2.24, 2.45) is 0 Å². The van der Waals surface area contributed by atoms with Crippen molar-refractivity contribution in [3.63, 3.8) is 0 Å². The van der Waals surface area contributed by atoms with E-state index in [9.17, 15) is 0 Å². The van der Waals surface area contributed by atoms with Crippen LogP contribution in [-0.2, 0) is 0 Å². The third-order valence-electron chi connectivity index (χ3n) is 14.4. The van der Waals surface area contributed by atoms with Crippen LogP contribution < -0.4 is 0 Å². The predicted octanol–water partition coefficient (Wildman–Crippen LogP) is 17.6. The van der Waals surface area contributed by atoms with Gasteiger partial charge in [-0.15, -0.1) is 0 Å². The first-order chi connectivity index (χ1) is 37.6. The lowest BCUT2D eigenvalue weighted by Crippen LogP contribution is -1.98. The van der Waals surface area contributed by atoms with Crippen molar-refractivity contribution in [3.05, 3.63) is 279 Å². The number of benzene rings is 11. The Labute approximate surface area is 440 Å². The summed E-state index contributed by atoms with van der Waals surface area (Å²) in [4.78, 5) is 21.1.